The molecule has 1 aromatic carbocycles. The zero-order valence-corrected chi connectivity index (χ0v) is 15.0. The van der Waals surface area contributed by atoms with E-state index in [1.165, 1.54) is 37.0 Å². The fraction of sp³-hybridized carbons (Fsp3) is 0.474. The van der Waals surface area contributed by atoms with Crippen molar-refractivity contribution in [1.82, 2.24) is 0 Å². The third kappa shape index (κ3) is 2.88. The molecule has 2 aliphatic carbocycles. The first-order chi connectivity index (χ1) is 12.1. The summed E-state index contributed by atoms with van der Waals surface area (Å²) in [6.45, 7) is 0. The number of hydrogen-bond donors (Lipinski definition) is 2. The van der Waals surface area contributed by atoms with E-state index in [-0.39, 0.29) is 11.3 Å². The van der Waals surface area contributed by atoms with Crippen molar-refractivity contribution in [3.63, 3.8) is 0 Å². The Bertz CT molecular complexity index is 925. The lowest BCUT2D eigenvalue weighted by molar-refractivity contribution is 0.164. The van der Waals surface area contributed by atoms with Crippen molar-refractivity contribution in [2.75, 3.05) is 0 Å². The first kappa shape index (κ1) is 16.4. The summed E-state index contributed by atoms with van der Waals surface area (Å²) >= 11 is 1.72. The molecule has 4 rings (SSSR count). The number of benzene rings is 1. The van der Waals surface area contributed by atoms with Gasteiger partial charge in [-0.3, -0.25) is 10.2 Å². The number of amidine groups is 1. The van der Waals surface area contributed by atoms with Crippen LogP contribution >= 0.6 is 11.3 Å². The van der Waals surface area contributed by atoms with Crippen molar-refractivity contribution in [2.24, 2.45) is 21.6 Å². The average Bonchev–Trinajstić information content (AvgIpc) is 2.62. The van der Waals surface area contributed by atoms with Crippen molar-refractivity contribution in [1.29, 1.82) is 5.41 Å². The Kier molecular flexibility index (Phi) is 4.15. The molecule has 2 aromatic rings. The van der Waals surface area contributed by atoms with Crippen LogP contribution in [0.15, 0.2) is 33.3 Å². The second-order valence-corrected chi connectivity index (χ2v) is 8.48. The van der Waals surface area contributed by atoms with Gasteiger partial charge in [-0.15, -0.1) is 16.5 Å². The maximum Gasteiger partial charge on any atom is 0.191 e. The van der Waals surface area contributed by atoms with Gasteiger partial charge >= 0.3 is 0 Å². The summed E-state index contributed by atoms with van der Waals surface area (Å²) in [5.41, 5.74) is 2.26. The lowest BCUT2D eigenvalue weighted by atomic mass is 9.65. The Morgan fingerprint density at radius 1 is 1.20 bits per heavy atom. The van der Waals surface area contributed by atoms with Gasteiger partial charge in [0.05, 0.1) is 0 Å². The molecule has 25 heavy (non-hydrogen) atoms. The summed E-state index contributed by atoms with van der Waals surface area (Å²) in [5, 5.41) is 15.4. The minimum atomic E-state index is 0.0190. The quantitative estimate of drug-likeness (QED) is 0.262. The van der Waals surface area contributed by atoms with Crippen LogP contribution in [0.25, 0.3) is 10.1 Å². The van der Waals surface area contributed by atoms with Gasteiger partial charge in [0.15, 0.2) is 11.3 Å². The monoisotopic (exact) mass is 354 g/mol. The fourth-order valence-electron chi connectivity index (χ4n) is 4.48. The van der Waals surface area contributed by atoms with Gasteiger partial charge in [0.2, 0.25) is 0 Å². The predicted molar refractivity (Wildman–Crippen MR) is 102 cm³/mol. The van der Waals surface area contributed by atoms with Crippen LogP contribution in [0.2, 0.25) is 0 Å². The van der Waals surface area contributed by atoms with E-state index in [1.807, 2.05) is 12.1 Å². The van der Waals surface area contributed by atoms with Gasteiger partial charge in [-0.25, -0.2) is 0 Å². The highest BCUT2D eigenvalue weighted by Gasteiger charge is 2.36. The van der Waals surface area contributed by atoms with E-state index < -0.39 is 0 Å². The molecule has 0 atom stereocenters. The molecule has 1 spiro atoms. The van der Waals surface area contributed by atoms with E-state index in [1.54, 1.807) is 17.4 Å². The zero-order valence-electron chi connectivity index (χ0n) is 14.2. The standard InChI is InChI=1S/C19H22N4OS/c20-18(22-23-21)12-4-5-13-15(10-12)25-16-11-19(7-2-1-3-8-19)9-6-14(16)17(13)24/h4-5,10H,1-3,6-9,11H2,(H3,20,21,22). The van der Waals surface area contributed by atoms with Gasteiger partial charge in [0.1, 0.15) is 0 Å². The Balaban J connectivity index is 1.79. The van der Waals surface area contributed by atoms with Crippen LogP contribution in [0.1, 0.15) is 54.5 Å². The highest BCUT2D eigenvalue weighted by Crippen LogP contribution is 2.47. The maximum absolute atomic E-state index is 12.9. The Hall–Kier alpha value is -2.08. The zero-order chi connectivity index (χ0) is 17.4. The molecule has 0 bridgehead atoms. The van der Waals surface area contributed by atoms with E-state index in [0.29, 0.717) is 11.0 Å². The minimum absolute atomic E-state index is 0.0190. The molecule has 3 N–H and O–H groups in total. The number of nitrogens with two attached hydrogens (primary N) is 1. The van der Waals surface area contributed by atoms with Crippen molar-refractivity contribution in [3.8, 4) is 0 Å². The molecule has 1 saturated carbocycles. The van der Waals surface area contributed by atoms with Crippen LogP contribution in [0, 0.1) is 10.8 Å². The molecule has 1 heterocycles. The summed E-state index contributed by atoms with van der Waals surface area (Å²) < 4.78 is 0.936. The third-order valence-electron chi connectivity index (χ3n) is 5.86. The Morgan fingerprint density at radius 2 is 2.00 bits per heavy atom. The first-order valence-electron chi connectivity index (χ1n) is 8.90. The number of hydrogen-bond acceptors (Lipinski definition) is 4. The molecule has 0 unspecified atom stereocenters. The van der Waals surface area contributed by atoms with Crippen LogP contribution in [-0.2, 0) is 12.8 Å². The van der Waals surface area contributed by atoms with Gasteiger partial charge in [-0.1, -0.05) is 30.6 Å². The molecule has 5 nitrogen and oxygen atoms in total. The SMILES string of the molecule is N=C(N=NN)c1ccc2c(=O)c3c(sc2c1)CC1(CCCCC1)CC3. The Morgan fingerprint density at radius 3 is 2.76 bits per heavy atom. The maximum atomic E-state index is 12.9. The molecule has 1 fully saturated rings. The fourth-order valence-corrected chi connectivity index (χ4v) is 5.90. The number of nitrogens with one attached hydrogen (secondary N) is 1. The molecule has 2 aliphatic rings. The third-order valence-corrected chi connectivity index (χ3v) is 7.05. The lowest BCUT2D eigenvalue weighted by Crippen LogP contribution is -2.33. The lowest BCUT2D eigenvalue weighted by Gasteiger charge is -2.40. The predicted octanol–water partition coefficient (Wildman–Crippen LogP) is 4.35. The normalized spacial score (nSPS) is 19.4. The van der Waals surface area contributed by atoms with E-state index in [9.17, 15) is 4.79 Å². The Labute approximate surface area is 150 Å². The molecule has 0 amide bonds. The molecule has 6 heteroatoms. The van der Waals surface area contributed by atoms with Crippen LogP contribution < -0.4 is 11.3 Å². The molecule has 0 saturated heterocycles. The van der Waals surface area contributed by atoms with Crippen molar-refractivity contribution >= 4 is 27.3 Å². The highest BCUT2D eigenvalue weighted by molar-refractivity contribution is 7.18. The molecule has 0 aliphatic heterocycles. The number of fused-ring (bicyclic) bond motifs is 2. The molecule has 1 aromatic heterocycles. The number of nitrogens with zero attached hydrogens (tertiary/aromatic N) is 2. The van der Waals surface area contributed by atoms with Gasteiger partial charge in [-0.2, -0.15) is 0 Å². The number of rotatable bonds is 1. The van der Waals surface area contributed by atoms with Crippen LogP contribution in [0.5, 0.6) is 0 Å². The second-order valence-electron chi connectivity index (χ2n) is 7.35. The smallest absolute Gasteiger partial charge is 0.191 e. The van der Waals surface area contributed by atoms with Crippen LogP contribution in [0.3, 0.4) is 0 Å². The highest BCUT2D eigenvalue weighted by atomic mass is 32.1. The molecular formula is C19H22N4OS. The molecule has 0 radical (unpaired) electrons. The van der Waals surface area contributed by atoms with E-state index in [2.05, 4.69) is 10.3 Å². The summed E-state index contributed by atoms with van der Waals surface area (Å²) in [5.74, 6) is 5.06. The van der Waals surface area contributed by atoms with Gasteiger partial charge in [-0.05, 0) is 49.7 Å². The van der Waals surface area contributed by atoms with E-state index in [4.69, 9.17) is 11.3 Å². The van der Waals surface area contributed by atoms with Crippen LogP contribution in [-0.4, -0.2) is 5.84 Å². The van der Waals surface area contributed by atoms with Crippen molar-refractivity contribution < 1.29 is 0 Å². The minimum Gasteiger partial charge on any atom is -0.305 e. The van der Waals surface area contributed by atoms with Gasteiger partial charge in [0.25, 0.3) is 0 Å². The molecule has 130 valence electrons. The summed E-state index contributed by atoms with van der Waals surface area (Å²) in [7, 11) is 0. The van der Waals surface area contributed by atoms with Crippen molar-refractivity contribution in [2.45, 2.75) is 51.4 Å². The van der Waals surface area contributed by atoms with Gasteiger partial charge < -0.3 is 5.84 Å². The topological polar surface area (TPSA) is 91.7 Å². The summed E-state index contributed by atoms with van der Waals surface area (Å²) in [4.78, 5) is 14.2. The summed E-state index contributed by atoms with van der Waals surface area (Å²) in [6.07, 6.45) is 9.71. The molecular weight excluding hydrogens is 332 g/mol. The summed E-state index contributed by atoms with van der Waals surface area (Å²) in [6, 6.07) is 5.45. The van der Waals surface area contributed by atoms with Crippen LogP contribution in [0.4, 0.5) is 0 Å². The second kappa shape index (κ2) is 6.33. The van der Waals surface area contributed by atoms with Crippen molar-refractivity contribution in [3.05, 3.63) is 44.4 Å². The van der Waals surface area contributed by atoms with E-state index >= 15 is 0 Å². The van der Waals surface area contributed by atoms with Gasteiger partial charge in [0, 0.05) is 26.1 Å². The largest absolute Gasteiger partial charge is 0.305 e. The van der Waals surface area contributed by atoms with E-state index in [0.717, 1.165) is 34.9 Å². The average molecular weight is 354 g/mol. The first-order valence-corrected chi connectivity index (χ1v) is 9.72.